The first-order chi connectivity index (χ1) is 15.2. The minimum Gasteiger partial charge on any atom is -0.464 e. The van der Waals surface area contributed by atoms with Crippen molar-refractivity contribution in [3.63, 3.8) is 0 Å². The van der Waals surface area contributed by atoms with Crippen molar-refractivity contribution in [3.05, 3.63) is 23.7 Å². The number of nitrogens with one attached hydrogen (secondary N) is 1. The molecule has 4 heteroatoms. The molecule has 0 amide bonds. The summed E-state index contributed by atoms with van der Waals surface area (Å²) in [5, 5.41) is 10.8. The summed E-state index contributed by atoms with van der Waals surface area (Å²) in [5.41, 5.74) is 0. The number of likely N-dealkylation sites (N-methyl/N-ethyl adjacent to an activating group) is 1. The standard InChI is InChI=1S/C24H44O2.C3H9NO/c1-3-4-5-6-7-8-9-10-11-12-13-14-15-16-17-18-21-25-22-24-20-19-23(2)26-24;1-4-2-3-5/h19-20H,3-18,21-22H2,1-2H3;4-5H,2-3H2,1H3. The Labute approximate surface area is 193 Å². The summed E-state index contributed by atoms with van der Waals surface area (Å²) in [5.74, 6) is 1.91. The van der Waals surface area contributed by atoms with E-state index in [2.05, 4.69) is 12.2 Å². The van der Waals surface area contributed by atoms with E-state index in [9.17, 15) is 0 Å². The predicted octanol–water partition coefficient (Wildman–Crippen LogP) is 7.56. The van der Waals surface area contributed by atoms with Gasteiger partial charge in [0.15, 0.2) is 0 Å². The number of unbranched alkanes of at least 4 members (excludes halogenated alkanes) is 15. The van der Waals surface area contributed by atoms with E-state index >= 15 is 0 Å². The van der Waals surface area contributed by atoms with Gasteiger partial charge in [-0.3, -0.25) is 0 Å². The van der Waals surface area contributed by atoms with Crippen LogP contribution in [0.15, 0.2) is 16.5 Å². The van der Waals surface area contributed by atoms with Gasteiger partial charge in [-0.05, 0) is 32.5 Å². The van der Waals surface area contributed by atoms with Crippen LogP contribution in [0, 0.1) is 6.92 Å². The van der Waals surface area contributed by atoms with Crippen molar-refractivity contribution in [1.29, 1.82) is 0 Å². The molecule has 0 unspecified atom stereocenters. The van der Waals surface area contributed by atoms with Gasteiger partial charge >= 0.3 is 0 Å². The maximum absolute atomic E-state index is 8.00. The molecule has 184 valence electrons. The summed E-state index contributed by atoms with van der Waals surface area (Å²) in [6.07, 6.45) is 22.5. The van der Waals surface area contributed by atoms with Gasteiger partial charge in [0.25, 0.3) is 0 Å². The third kappa shape index (κ3) is 23.6. The van der Waals surface area contributed by atoms with Crippen molar-refractivity contribution in [2.75, 3.05) is 26.8 Å². The van der Waals surface area contributed by atoms with E-state index in [1.165, 1.54) is 103 Å². The molecule has 31 heavy (non-hydrogen) atoms. The van der Waals surface area contributed by atoms with Crippen molar-refractivity contribution in [2.45, 2.75) is 123 Å². The van der Waals surface area contributed by atoms with Gasteiger partial charge in [0.2, 0.25) is 0 Å². The number of ether oxygens (including phenoxy) is 1. The molecule has 0 aliphatic rings. The Morgan fingerprint density at radius 1 is 0.774 bits per heavy atom. The van der Waals surface area contributed by atoms with Gasteiger partial charge in [0, 0.05) is 13.2 Å². The molecule has 1 aromatic heterocycles. The van der Waals surface area contributed by atoms with Gasteiger partial charge in [0.05, 0.1) is 6.61 Å². The van der Waals surface area contributed by atoms with Crippen LogP contribution in [0.5, 0.6) is 0 Å². The van der Waals surface area contributed by atoms with Crippen molar-refractivity contribution in [3.8, 4) is 0 Å². The zero-order valence-corrected chi connectivity index (χ0v) is 21.1. The lowest BCUT2D eigenvalue weighted by Crippen LogP contribution is -2.10. The van der Waals surface area contributed by atoms with Crippen LogP contribution in [0.4, 0.5) is 0 Å². The quantitative estimate of drug-likeness (QED) is 0.194. The van der Waals surface area contributed by atoms with Crippen LogP contribution < -0.4 is 5.32 Å². The lowest BCUT2D eigenvalue weighted by molar-refractivity contribution is 0.102. The molecule has 1 heterocycles. The molecule has 1 aromatic rings. The fraction of sp³-hybridized carbons (Fsp3) is 0.852. The minimum atomic E-state index is 0.233. The maximum atomic E-state index is 8.00. The Morgan fingerprint density at radius 2 is 1.26 bits per heavy atom. The van der Waals surface area contributed by atoms with E-state index in [1.54, 1.807) is 7.05 Å². The average molecular weight is 440 g/mol. The second-order valence-corrected chi connectivity index (χ2v) is 8.70. The zero-order valence-electron chi connectivity index (χ0n) is 21.1. The van der Waals surface area contributed by atoms with Crippen LogP contribution in [0.2, 0.25) is 0 Å². The number of hydrogen-bond acceptors (Lipinski definition) is 4. The van der Waals surface area contributed by atoms with Crippen LogP contribution in [0.25, 0.3) is 0 Å². The number of aliphatic hydroxyl groups excluding tert-OH is 1. The largest absolute Gasteiger partial charge is 0.464 e. The second-order valence-electron chi connectivity index (χ2n) is 8.70. The number of aliphatic hydroxyl groups is 1. The van der Waals surface area contributed by atoms with E-state index in [1.807, 2.05) is 19.1 Å². The molecule has 0 aromatic carbocycles. The van der Waals surface area contributed by atoms with Gasteiger partial charge in [-0.1, -0.05) is 103 Å². The summed E-state index contributed by atoms with van der Waals surface area (Å²) >= 11 is 0. The van der Waals surface area contributed by atoms with E-state index < -0.39 is 0 Å². The first kappa shape index (κ1) is 30.2. The molecule has 0 radical (unpaired) electrons. The van der Waals surface area contributed by atoms with Gasteiger partial charge in [-0.2, -0.15) is 0 Å². The van der Waals surface area contributed by atoms with Gasteiger partial charge in [-0.15, -0.1) is 0 Å². The third-order valence-corrected chi connectivity index (χ3v) is 5.54. The van der Waals surface area contributed by atoms with Crippen LogP contribution in [-0.4, -0.2) is 31.9 Å². The molecule has 1 rings (SSSR count). The van der Waals surface area contributed by atoms with E-state index in [0.717, 1.165) is 18.1 Å². The highest BCUT2D eigenvalue weighted by Crippen LogP contribution is 2.14. The Hall–Kier alpha value is -0.840. The molecule has 0 aliphatic heterocycles. The molecule has 0 bridgehead atoms. The maximum Gasteiger partial charge on any atom is 0.129 e. The average Bonchev–Trinajstić information content (AvgIpc) is 3.19. The van der Waals surface area contributed by atoms with Crippen LogP contribution in [0.1, 0.15) is 121 Å². The van der Waals surface area contributed by atoms with Crippen molar-refractivity contribution in [1.82, 2.24) is 5.32 Å². The van der Waals surface area contributed by atoms with Crippen LogP contribution in [-0.2, 0) is 11.3 Å². The van der Waals surface area contributed by atoms with Crippen LogP contribution in [0.3, 0.4) is 0 Å². The van der Waals surface area contributed by atoms with Crippen molar-refractivity contribution in [2.24, 2.45) is 0 Å². The summed E-state index contributed by atoms with van der Waals surface area (Å²) in [7, 11) is 1.80. The highest BCUT2D eigenvalue weighted by molar-refractivity contribution is 5.04. The minimum absolute atomic E-state index is 0.233. The number of furan rings is 1. The first-order valence-corrected chi connectivity index (χ1v) is 13.1. The molecule has 0 spiro atoms. The Morgan fingerprint density at radius 3 is 1.61 bits per heavy atom. The van der Waals surface area contributed by atoms with Gasteiger partial charge in [-0.25, -0.2) is 0 Å². The summed E-state index contributed by atoms with van der Waals surface area (Å²) < 4.78 is 11.2. The topological polar surface area (TPSA) is 54.6 Å². The van der Waals surface area contributed by atoms with Gasteiger partial charge in [0.1, 0.15) is 18.1 Å². The fourth-order valence-electron chi connectivity index (χ4n) is 3.60. The lowest BCUT2D eigenvalue weighted by Gasteiger charge is -2.04. The molecule has 0 saturated carbocycles. The first-order valence-electron chi connectivity index (χ1n) is 13.1. The summed E-state index contributed by atoms with van der Waals surface area (Å²) in [6.45, 7) is 6.67. The second kappa shape index (κ2) is 25.4. The van der Waals surface area contributed by atoms with E-state index in [4.69, 9.17) is 14.3 Å². The van der Waals surface area contributed by atoms with Crippen molar-refractivity contribution < 1.29 is 14.3 Å². The van der Waals surface area contributed by atoms with E-state index in [0.29, 0.717) is 13.2 Å². The highest BCUT2D eigenvalue weighted by Gasteiger charge is 1.98. The molecule has 2 N–H and O–H groups in total. The molecule has 0 fully saturated rings. The number of hydrogen-bond donors (Lipinski definition) is 2. The summed E-state index contributed by atoms with van der Waals surface area (Å²) in [6, 6.07) is 4.00. The zero-order chi connectivity index (χ0) is 22.8. The smallest absolute Gasteiger partial charge is 0.129 e. The Balaban J connectivity index is 0.00000161. The third-order valence-electron chi connectivity index (χ3n) is 5.54. The van der Waals surface area contributed by atoms with E-state index in [-0.39, 0.29) is 6.61 Å². The summed E-state index contributed by atoms with van der Waals surface area (Å²) in [4.78, 5) is 0. The molecule has 0 atom stereocenters. The molecular weight excluding hydrogens is 386 g/mol. The Kier molecular flexibility index (Phi) is 24.7. The molecular formula is C27H53NO3. The highest BCUT2D eigenvalue weighted by atomic mass is 16.5. The normalized spacial score (nSPS) is 10.8. The molecule has 0 aliphatic carbocycles. The SMILES string of the molecule is CCCCCCCCCCCCCCCCCCOCc1ccc(C)o1.CNCCO. The van der Waals surface area contributed by atoms with Crippen LogP contribution >= 0.6 is 0 Å². The lowest BCUT2D eigenvalue weighted by atomic mass is 10.0. The number of aryl methyl sites for hydroxylation is 1. The molecule has 0 saturated heterocycles. The monoisotopic (exact) mass is 439 g/mol. The fourth-order valence-corrected chi connectivity index (χ4v) is 3.60. The predicted molar refractivity (Wildman–Crippen MR) is 134 cm³/mol. The van der Waals surface area contributed by atoms with Gasteiger partial charge < -0.3 is 19.6 Å². The van der Waals surface area contributed by atoms with Crippen molar-refractivity contribution >= 4 is 0 Å². The molecule has 4 nitrogen and oxygen atoms in total. The Bertz CT molecular complexity index is 445. The number of rotatable bonds is 21.